The van der Waals surface area contributed by atoms with Gasteiger partial charge >= 0.3 is 0 Å². The van der Waals surface area contributed by atoms with Gasteiger partial charge in [-0.15, -0.1) is 0 Å². The summed E-state index contributed by atoms with van der Waals surface area (Å²) in [5.74, 6) is 0.625. The molecule has 6 heteroatoms. The van der Waals surface area contributed by atoms with E-state index in [0.717, 1.165) is 0 Å². The molecule has 0 fully saturated rings. The first-order valence-corrected chi connectivity index (χ1v) is 8.07. The number of hydrogen-bond acceptors (Lipinski definition) is 3. The lowest BCUT2D eigenvalue weighted by Crippen LogP contribution is -1.95. The fourth-order valence-corrected chi connectivity index (χ4v) is 2.97. The van der Waals surface area contributed by atoms with E-state index >= 15 is 0 Å². The van der Waals surface area contributed by atoms with Gasteiger partial charge in [-0.05, 0) is 61.4 Å². The SMILES string of the molecule is Cc1cc(Oc2ccc(S(=O)(=O)Cl)c(C)c2)ccc1F. The zero-order valence-electron chi connectivity index (χ0n) is 10.9. The van der Waals surface area contributed by atoms with Gasteiger partial charge in [-0.1, -0.05) is 0 Å². The highest BCUT2D eigenvalue weighted by Crippen LogP contribution is 2.28. The van der Waals surface area contributed by atoms with Gasteiger partial charge < -0.3 is 4.74 Å². The van der Waals surface area contributed by atoms with Crippen molar-refractivity contribution < 1.29 is 17.5 Å². The van der Waals surface area contributed by atoms with Gasteiger partial charge in [-0.25, -0.2) is 12.8 Å². The van der Waals surface area contributed by atoms with E-state index in [2.05, 4.69) is 0 Å². The highest BCUT2D eigenvalue weighted by molar-refractivity contribution is 8.13. The molecule has 0 amide bonds. The smallest absolute Gasteiger partial charge is 0.261 e. The van der Waals surface area contributed by atoms with Crippen LogP contribution in [-0.2, 0) is 9.05 Å². The van der Waals surface area contributed by atoms with Gasteiger partial charge in [0, 0.05) is 10.7 Å². The lowest BCUT2D eigenvalue weighted by molar-refractivity contribution is 0.478. The van der Waals surface area contributed by atoms with E-state index in [0.29, 0.717) is 22.6 Å². The Morgan fingerprint density at radius 1 is 1.00 bits per heavy atom. The minimum absolute atomic E-state index is 0.0433. The highest BCUT2D eigenvalue weighted by atomic mass is 35.7. The zero-order chi connectivity index (χ0) is 14.9. The van der Waals surface area contributed by atoms with E-state index < -0.39 is 9.05 Å². The fourth-order valence-electron chi connectivity index (χ4n) is 1.78. The molecule has 0 spiro atoms. The second-order valence-corrected chi connectivity index (χ2v) is 6.91. The fraction of sp³-hybridized carbons (Fsp3) is 0.143. The number of benzene rings is 2. The van der Waals surface area contributed by atoms with E-state index in [1.165, 1.54) is 24.3 Å². The molecular formula is C14H12ClFO3S. The molecule has 20 heavy (non-hydrogen) atoms. The summed E-state index contributed by atoms with van der Waals surface area (Å²) in [4.78, 5) is 0.0433. The van der Waals surface area contributed by atoms with Crippen LogP contribution in [0.2, 0.25) is 0 Å². The van der Waals surface area contributed by atoms with E-state index in [1.54, 1.807) is 26.0 Å². The van der Waals surface area contributed by atoms with Crippen LogP contribution in [0.4, 0.5) is 4.39 Å². The summed E-state index contributed by atoms with van der Waals surface area (Å²) in [6.07, 6.45) is 0. The van der Waals surface area contributed by atoms with Crippen molar-refractivity contribution in [2.24, 2.45) is 0 Å². The Morgan fingerprint density at radius 3 is 2.05 bits per heavy atom. The molecule has 0 unspecified atom stereocenters. The zero-order valence-corrected chi connectivity index (χ0v) is 12.4. The Balaban J connectivity index is 2.31. The molecule has 0 heterocycles. The van der Waals surface area contributed by atoms with Crippen molar-refractivity contribution in [3.8, 4) is 11.5 Å². The third-order valence-electron chi connectivity index (χ3n) is 2.77. The summed E-state index contributed by atoms with van der Waals surface area (Å²) in [6.45, 7) is 3.26. The summed E-state index contributed by atoms with van der Waals surface area (Å²) in [6, 6.07) is 8.83. The number of hydrogen-bond donors (Lipinski definition) is 0. The maximum atomic E-state index is 13.1. The average molecular weight is 315 g/mol. The molecule has 0 saturated heterocycles. The Bertz CT molecular complexity index is 757. The first-order valence-electron chi connectivity index (χ1n) is 5.77. The second kappa shape index (κ2) is 5.42. The summed E-state index contributed by atoms with van der Waals surface area (Å²) in [5, 5.41) is 0. The van der Waals surface area contributed by atoms with Crippen molar-refractivity contribution in [3.63, 3.8) is 0 Å². The predicted molar refractivity (Wildman–Crippen MR) is 75.4 cm³/mol. The molecule has 0 aliphatic heterocycles. The number of aryl methyl sites for hydroxylation is 2. The molecule has 106 valence electrons. The minimum Gasteiger partial charge on any atom is -0.457 e. The molecule has 3 nitrogen and oxygen atoms in total. The molecule has 0 aliphatic carbocycles. The molecule has 0 atom stereocenters. The molecule has 0 aromatic heterocycles. The lowest BCUT2D eigenvalue weighted by atomic mass is 10.2. The normalized spacial score (nSPS) is 11.4. The minimum atomic E-state index is -3.77. The molecule has 0 N–H and O–H groups in total. The molecule has 2 aromatic carbocycles. The van der Waals surface area contributed by atoms with Crippen LogP contribution in [0.15, 0.2) is 41.3 Å². The number of halogens is 2. The van der Waals surface area contributed by atoms with Crippen molar-refractivity contribution in [2.75, 3.05) is 0 Å². The third-order valence-corrected chi connectivity index (χ3v) is 4.26. The van der Waals surface area contributed by atoms with Gasteiger partial charge in [-0.3, -0.25) is 0 Å². The Labute approximate surface area is 121 Å². The van der Waals surface area contributed by atoms with Crippen molar-refractivity contribution in [3.05, 3.63) is 53.3 Å². The summed E-state index contributed by atoms with van der Waals surface area (Å²) >= 11 is 0. The topological polar surface area (TPSA) is 43.4 Å². The molecule has 0 saturated carbocycles. The van der Waals surface area contributed by atoms with Gasteiger partial charge in [0.1, 0.15) is 17.3 Å². The van der Waals surface area contributed by atoms with Crippen molar-refractivity contribution in [2.45, 2.75) is 18.7 Å². The summed E-state index contributed by atoms with van der Waals surface area (Å²) in [7, 11) is 1.54. The Hall–Kier alpha value is -1.59. The average Bonchev–Trinajstić information content (AvgIpc) is 2.32. The maximum absolute atomic E-state index is 13.1. The van der Waals surface area contributed by atoms with Crippen molar-refractivity contribution in [1.82, 2.24) is 0 Å². The standard InChI is InChI=1S/C14H12ClFO3S/c1-9-7-11(3-5-13(9)16)19-12-4-6-14(10(2)8-12)20(15,17)18/h3-8H,1-2H3. The van der Waals surface area contributed by atoms with E-state index in [1.807, 2.05) is 0 Å². The molecule has 2 aromatic rings. The van der Waals surface area contributed by atoms with Crippen LogP contribution in [0.5, 0.6) is 11.5 Å². The first-order chi connectivity index (χ1) is 9.27. The van der Waals surface area contributed by atoms with E-state index in [-0.39, 0.29) is 10.7 Å². The van der Waals surface area contributed by atoms with Crippen LogP contribution in [-0.4, -0.2) is 8.42 Å². The second-order valence-electron chi connectivity index (χ2n) is 4.38. The van der Waals surface area contributed by atoms with Crippen LogP contribution < -0.4 is 4.74 Å². The first kappa shape index (κ1) is 14.8. The van der Waals surface area contributed by atoms with Crippen LogP contribution >= 0.6 is 10.7 Å². The highest BCUT2D eigenvalue weighted by Gasteiger charge is 2.14. The third kappa shape index (κ3) is 3.29. The molecule has 0 radical (unpaired) electrons. The van der Waals surface area contributed by atoms with E-state index in [4.69, 9.17) is 15.4 Å². The van der Waals surface area contributed by atoms with Crippen LogP contribution in [0.1, 0.15) is 11.1 Å². The summed E-state index contributed by atoms with van der Waals surface area (Å²) < 4.78 is 41.3. The molecule has 0 bridgehead atoms. The van der Waals surface area contributed by atoms with Crippen LogP contribution in [0, 0.1) is 19.7 Å². The largest absolute Gasteiger partial charge is 0.457 e. The molecular weight excluding hydrogens is 303 g/mol. The quantitative estimate of drug-likeness (QED) is 0.799. The van der Waals surface area contributed by atoms with Gasteiger partial charge in [0.25, 0.3) is 9.05 Å². The van der Waals surface area contributed by atoms with Gasteiger partial charge in [0.05, 0.1) is 4.90 Å². The monoisotopic (exact) mass is 314 g/mol. The van der Waals surface area contributed by atoms with E-state index in [9.17, 15) is 12.8 Å². The summed E-state index contributed by atoms with van der Waals surface area (Å²) in [5.41, 5.74) is 0.954. The number of ether oxygens (including phenoxy) is 1. The van der Waals surface area contributed by atoms with Gasteiger partial charge in [-0.2, -0.15) is 0 Å². The lowest BCUT2D eigenvalue weighted by Gasteiger charge is -2.09. The molecule has 2 rings (SSSR count). The molecule has 0 aliphatic rings. The Morgan fingerprint density at radius 2 is 1.55 bits per heavy atom. The predicted octanol–water partition coefficient (Wildman–Crippen LogP) is 4.16. The maximum Gasteiger partial charge on any atom is 0.261 e. The van der Waals surface area contributed by atoms with Crippen molar-refractivity contribution in [1.29, 1.82) is 0 Å². The van der Waals surface area contributed by atoms with Crippen LogP contribution in [0.25, 0.3) is 0 Å². The van der Waals surface area contributed by atoms with Gasteiger partial charge in [0.15, 0.2) is 0 Å². The van der Waals surface area contributed by atoms with Crippen LogP contribution in [0.3, 0.4) is 0 Å². The van der Waals surface area contributed by atoms with Gasteiger partial charge in [0.2, 0.25) is 0 Å². The Kier molecular flexibility index (Phi) is 4.01. The van der Waals surface area contributed by atoms with Crippen molar-refractivity contribution >= 4 is 19.7 Å². The number of rotatable bonds is 3.